The molecule has 0 spiro atoms. The van der Waals surface area contributed by atoms with E-state index in [1.165, 1.54) is 10.5 Å². The number of nitrogens with zero attached hydrogens (tertiary/aromatic N) is 2. The molecule has 0 unspecified atom stereocenters. The maximum absolute atomic E-state index is 14.1. The lowest BCUT2D eigenvalue weighted by Crippen LogP contribution is -2.53. The Labute approximate surface area is 301 Å². The highest BCUT2D eigenvalue weighted by molar-refractivity contribution is 5.91. The molecule has 3 N–H and O–H groups in total. The van der Waals surface area contributed by atoms with Gasteiger partial charge in [-0.2, -0.15) is 0 Å². The Hall–Kier alpha value is -4.41. The quantitative estimate of drug-likeness (QED) is 0.129. The van der Waals surface area contributed by atoms with E-state index in [4.69, 9.17) is 24.9 Å². The highest BCUT2D eigenvalue weighted by Crippen LogP contribution is 2.41. The van der Waals surface area contributed by atoms with Crippen molar-refractivity contribution in [3.05, 3.63) is 59.7 Å². The monoisotopic (exact) mass is 702 g/mol. The van der Waals surface area contributed by atoms with Crippen LogP contribution in [0.25, 0.3) is 11.3 Å². The van der Waals surface area contributed by atoms with Gasteiger partial charge in [0.25, 0.3) is 0 Å². The number of ether oxygens (including phenoxy) is 3. The van der Waals surface area contributed by atoms with Gasteiger partial charge in [0.05, 0.1) is 24.8 Å². The zero-order valence-electron chi connectivity index (χ0n) is 30.5. The van der Waals surface area contributed by atoms with Gasteiger partial charge in [-0.1, -0.05) is 55.3 Å². The molecule has 11 nitrogen and oxygen atoms in total. The highest BCUT2D eigenvalue weighted by atomic mass is 16.6. The van der Waals surface area contributed by atoms with Crippen LogP contribution in [0, 0.1) is 11.8 Å². The van der Waals surface area contributed by atoms with E-state index in [1.54, 1.807) is 20.8 Å². The van der Waals surface area contributed by atoms with E-state index >= 15 is 0 Å². The van der Waals surface area contributed by atoms with Crippen molar-refractivity contribution >= 4 is 23.9 Å². The molecule has 11 heteroatoms. The number of aromatic nitrogens is 1. The van der Waals surface area contributed by atoms with E-state index in [9.17, 15) is 19.2 Å². The number of carbonyl (C=O) groups excluding carboxylic acids is 4. The largest absolute Gasteiger partial charge is 0.472 e. The fourth-order valence-electron chi connectivity index (χ4n) is 7.03. The number of benzene rings is 1. The molecule has 3 amide bonds. The van der Waals surface area contributed by atoms with Crippen molar-refractivity contribution in [2.24, 2.45) is 17.6 Å². The standard InChI is InChI=1S/C40H54N4O7/c1-5-49-38(47)31-22-27(31)18-10-7-6-8-13-21-32(43-39(48)51-40(2,3)4)37(46)44-25-29(24-34(44)35(41)45)50-36-30-20-15-14-19-28(30)23-33(42-36)26-16-11-9-12-17-26/h9-12,16-18,23,27,29,31-32,34H,5-8,13-15,19-22,24-25H2,1-4H3,(H2,41,45)(H,43,48)/b18-10-/t27-,29-,31+,32+,34+/m1/s1. The minimum atomic E-state index is -0.903. The molecule has 1 saturated heterocycles. The Bertz CT molecular complexity index is 1570. The third kappa shape index (κ3) is 10.6. The number of hydrogen-bond donors (Lipinski definition) is 2. The second-order valence-electron chi connectivity index (χ2n) is 14.9. The number of rotatable bonds is 15. The van der Waals surface area contributed by atoms with E-state index in [0.717, 1.165) is 68.2 Å². The first-order valence-corrected chi connectivity index (χ1v) is 18.6. The number of carbonyl (C=O) groups is 4. The van der Waals surface area contributed by atoms with Crippen molar-refractivity contribution in [1.29, 1.82) is 0 Å². The van der Waals surface area contributed by atoms with Crippen LogP contribution in [0.3, 0.4) is 0 Å². The van der Waals surface area contributed by atoms with Crippen LogP contribution in [-0.2, 0) is 36.7 Å². The normalized spacial score (nSPS) is 21.8. The molecule has 0 radical (unpaired) electrons. The first-order valence-electron chi connectivity index (χ1n) is 18.6. The number of pyridine rings is 1. The zero-order valence-corrected chi connectivity index (χ0v) is 30.5. The number of hydrogen-bond acceptors (Lipinski definition) is 8. The molecule has 1 aromatic carbocycles. The van der Waals surface area contributed by atoms with Crippen LogP contribution in [0.15, 0.2) is 48.6 Å². The smallest absolute Gasteiger partial charge is 0.408 e. The first-order chi connectivity index (χ1) is 24.4. The second kappa shape index (κ2) is 17.2. The number of allylic oxidation sites excluding steroid dienone is 2. The molecular weight excluding hydrogens is 648 g/mol. The minimum absolute atomic E-state index is 0.0206. The number of alkyl carbamates (subject to hydrolysis) is 1. The Morgan fingerprint density at radius 1 is 1.06 bits per heavy atom. The Morgan fingerprint density at radius 2 is 1.82 bits per heavy atom. The predicted octanol–water partition coefficient (Wildman–Crippen LogP) is 6.06. The lowest BCUT2D eigenvalue weighted by Gasteiger charge is -2.29. The topological polar surface area (TPSA) is 150 Å². The number of primary amides is 1. The molecule has 1 saturated carbocycles. The van der Waals surface area contributed by atoms with Crippen LogP contribution in [0.4, 0.5) is 4.79 Å². The van der Waals surface area contributed by atoms with Crippen LogP contribution >= 0.6 is 0 Å². The molecule has 2 aromatic rings. The number of aryl methyl sites for hydroxylation is 1. The summed E-state index contributed by atoms with van der Waals surface area (Å²) in [4.78, 5) is 58.0. The average molecular weight is 703 g/mol. The Morgan fingerprint density at radius 3 is 2.55 bits per heavy atom. The van der Waals surface area contributed by atoms with Crippen LogP contribution in [0.2, 0.25) is 0 Å². The number of likely N-dealkylation sites (tertiary alicyclic amines) is 1. The lowest BCUT2D eigenvalue weighted by atomic mass is 9.91. The van der Waals surface area contributed by atoms with Crippen molar-refractivity contribution < 1.29 is 33.4 Å². The number of esters is 1. The Balaban J connectivity index is 1.23. The van der Waals surface area contributed by atoms with Crippen molar-refractivity contribution in [3.63, 3.8) is 0 Å². The van der Waals surface area contributed by atoms with Gasteiger partial charge in [0.15, 0.2) is 0 Å². The van der Waals surface area contributed by atoms with Gasteiger partial charge >= 0.3 is 12.1 Å². The summed E-state index contributed by atoms with van der Waals surface area (Å²) in [5, 5.41) is 2.78. The summed E-state index contributed by atoms with van der Waals surface area (Å²) in [6, 6.07) is 10.3. The van der Waals surface area contributed by atoms with Gasteiger partial charge in [0, 0.05) is 17.5 Å². The summed E-state index contributed by atoms with van der Waals surface area (Å²) in [5.74, 6) is -0.349. The molecule has 2 heterocycles. The Kier molecular flexibility index (Phi) is 12.8. The highest BCUT2D eigenvalue weighted by Gasteiger charge is 2.43. The number of fused-ring (bicyclic) bond motifs is 1. The zero-order chi connectivity index (χ0) is 36.5. The van der Waals surface area contributed by atoms with E-state index in [2.05, 4.69) is 23.5 Å². The number of nitrogens with two attached hydrogens (primary N) is 1. The molecule has 1 aliphatic heterocycles. The van der Waals surface area contributed by atoms with E-state index in [-0.39, 0.29) is 36.7 Å². The molecule has 1 aromatic heterocycles. The molecule has 5 rings (SSSR count). The van der Waals surface area contributed by atoms with Crippen molar-refractivity contribution in [3.8, 4) is 17.1 Å². The molecule has 2 fully saturated rings. The molecule has 51 heavy (non-hydrogen) atoms. The third-order valence-electron chi connectivity index (χ3n) is 9.69. The van der Waals surface area contributed by atoms with Crippen LogP contribution in [0.1, 0.15) is 96.6 Å². The molecular formula is C40H54N4O7. The fraction of sp³-hybridized carbons (Fsp3) is 0.575. The fourth-order valence-corrected chi connectivity index (χ4v) is 7.03. The summed E-state index contributed by atoms with van der Waals surface area (Å²) in [6.07, 6.45) is 11.6. The maximum atomic E-state index is 14.1. The number of unbranched alkanes of at least 4 members (excludes halogenated alkanes) is 3. The summed E-state index contributed by atoms with van der Waals surface area (Å²) >= 11 is 0. The number of nitrogens with one attached hydrogen (secondary N) is 1. The SMILES string of the molecule is CCOC(=O)[C@H]1C[C@H]1/C=C\CCCCC[C@H](NC(=O)OC(C)(C)C)C(=O)N1C[C@H](Oc2nc(-c3ccccc3)cc3c2CCCC3)C[C@H]1C(N)=O. The van der Waals surface area contributed by atoms with Gasteiger partial charge in [-0.05, 0) is 96.6 Å². The van der Waals surface area contributed by atoms with E-state index in [1.807, 2.05) is 37.3 Å². The molecule has 3 aliphatic rings. The van der Waals surface area contributed by atoms with E-state index < -0.39 is 35.8 Å². The predicted molar refractivity (Wildman–Crippen MR) is 194 cm³/mol. The van der Waals surface area contributed by atoms with Gasteiger partial charge < -0.3 is 30.2 Å². The van der Waals surface area contributed by atoms with Gasteiger partial charge in [0.1, 0.15) is 23.8 Å². The van der Waals surface area contributed by atoms with Gasteiger partial charge in [-0.25, -0.2) is 9.78 Å². The number of amides is 3. The molecule has 2 aliphatic carbocycles. The summed E-state index contributed by atoms with van der Waals surface area (Å²) in [5.41, 5.74) is 9.23. The second-order valence-corrected chi connectivity index (χ2v) is 14.9. The van der Waals surface area contributed by atoms with E-state index in [0.29, 0.717) is 25.3 Å². The summed E-state index contributed by atoms with van der Waals surface area (Å²) in [6.45, 7) is 7.64. The van der Waals surface area contributed by atoms with Crippen molar-refractivity contribution in [2.45, 2.75) is 122 Å². The summed E-state index contributed by atoms with van der Waals surface area (Å²) in [7, 11) is 0. The molecule has 276 valence electrons. The van der Waals surface area contributed by atoms with Crippen LogP contribution in [0.5, 0.6) is 5.88 Å². The maximum Gasteiger partial charge on any atom is 0.408 e. The van der Waals surface area contributed by atoms with Crippen molar-refractivity contribution in [2.75, 3.05) is 13.2 Å². The van der Waals surface area contributed by atoms with Gasteiger partial charge in [-0.15, -0.1) is 0 Å². The first kappa shape index (κ1) is 37.8. The van der Waals surface area contributed by atoms with Crippen LogP contribution in [-0.4, -0.2) is 70.7 Å². The van der Waals surface area contributed by atoms with Gasteiger partial charge in [-0.3, -0.25) is 14.4 Å². The molecule has 5 atom stereocenters. The van der Waals surface area contributed by atoms with Crippen LogP contribution < -0.4 is 15.8 Å². The van der Waals surface area contributed by atoms with Crippen molar-refractivity contribution in [1.82, 2.24) is 15.2 Å². The lowest BCUT2D eigenvalue weighted by molar-refractivity contribution is -0.144. The molecule has 0 bridgehead atoms. The summed E-state index contributed by atoms with van der Waals surface area (Å²) < 4.78 is 17.2. The third-order valence-corrected chi connectivity index (χ3v) is 9.69. The average Bonchev–Trinajstić information content (AvgIpc) is 3.75. The minimum Gasteiger partial charge on any atom is -0.472 e. The van der Waals surface area contributed by atoms with Gasteiger partial charge in [0.2, 0.25) is 17.7 Å².